The molecule has 20 heavy (non-hydrogen) atoms. The van der Waals surface area contributed by atoms with Gasteiger partial charge >= 0.3 is 0 Å². The number of aromatic nitrogens is 2. The van der Waals surface area contributed by atoms with Crippen molar-refractivity contribution < 1.29 is 9.15 Å². The fourth-order valence-corrected chi connectivity index (χ4v) is 3.16. The molecule has 0 aliphatic carbocycles. The van der Waals surface area contributed by atoms with Crippen molar-refractivity contribution >= 4 is 16.7 Å². The van der Waals surface area contributed by atoms with E-state index in [0.717, 1.165) is 48.5 Å². The first-order chi connectivity index (χ1) is 9.81. The number of hydrogen-bond acceptors (Lipinski definition) is 6. The molecule has 2 aromatic heterocycles. The van der Waals surface area contributed by atoms with Gasteiger partial charge in [-0.1, -0.05) is 13.8 Å². The minimum Gasteiger partial charge on any atom is -0.464 e. The smallest absolute Gasteiger partial charge is 0.205 e. The molecule has 3 rings (SSSR count). The molecule has 3 heterocycles. The van der Waals surface area contributed by atoms with E-state index in [-0.39, 0.29) is 6.04 Å². The Morgan fingerprint density at radius 3 is 2.95 bits per heavy atom. The van der Waals surface area contributed by atoms with E-state index in [1.807, 2.05) is 12.1 Å². The van der Waals surface area contributed by atoms with Gasteiger partial charge in [-0.05, 0) is 12.1 Å². The van der Waals surface area contributed by atoms with Crippen LogP contribution in [0.4, 0.5) is 5.13 Å². The first-order valence-electron chi connectivity index (χ1n) is 7.07. The molecule has 0 amide bonds. The van der Waals surface area contributed by atoms with Crippen molar-refractivity contribution in [3.63, 3.8) is 0 Å². The molecule has 1 aliphatic heterocycles. The molecule has 0 N–H and O–H groups in total. The van der Waals surface area contributed by atoms with E-state index in [1.54, 1.807) is 0 Å². The standard InChI is InChI=1S/C14H19N3O2S/c1-3-10-5-6-12(19-10)11-9-18-8-7-17(11)14-15-13(4-2)16-20-14/h5-6,11H,3-4,7-9H2,1-2H3. The zero-order valence-electron chi connectivity index (χ0n) is 11.8. The minimum atomic E-state index is 0.0988. The molecule has 0 radical (unpaired) electrons. The quantitative estimate of drug-likeness (QED) is 0.867. The lowest BCUT2D eigenvalue weighted by molar-refractivity contribution is 0.0873. The minimum absolute atomic E-state index is 0.0988. The maximum Gasteiger partial charge on any atom is 0.205 e. The number of anilines is 1. The van der Waals surface area contributed by atoms with Crippen LogP contribution >= 0.6 is 11.5 Å². The predicted octanol–water partition coefficient (Wildman–Crippen LogP) is 2.83. The van der Waals surface area contributed by atoms with Gasteiger partial charge in [0.2, 0.25) is 5.13 Å². The third kappa shape index (κ3) is 2.58. The van der Waals surface area contributed by atoms with E-state index >= 15 is 0 Å². The normalized spacial score (nSPS) is 19.5. The van der Waals surface area contributed by atoms with Gasteiger partial charge in [0.1, 0.15) is 23.4 Å². The number of hydrogen-bond donors (Lipinski definition) is 0. The molecule has 1 saturated heterocycles. The van der Waals surface area contributed by atoms with E-state index in [9.17, 15) is 0 Å². The Hall–Kier alpha value is -1.40. The van der Waals surface area contributed by atoms with Crippen LogP contribution in [0.25, 0.3) is 0 Å². The second-order valence-electron chi connectivity index (χ2n) is 4.79. The van der Waals surface area contributed by atoms with Crippen LogP contribution in [0.3, 0.4) is 0 Å². The zero-order valence-corrected chi connectivity index (χ0v) is 12.7. The highest BCUT2D eigenvalue weighted by Gasteiger charge is 2.29. The monoisotopic (exact) mass is 293 g/mol. The molecule has 6 heteroatoms. The van der Waals surface area contributed by atoms with Crippen LogP contribution in [0.2, 0.25) is 0 Å². The maximum absolute atomic E-state index is 5.89. The molecule has 0 spiro atoms. The Morgan fingerprint density at radius 1 is 1.35 bits per heavy atom. The third-order valence-electron chi connectivity index (χ3n) is 3.51. The summed E-state index contributed by atoms with van der Waals surface area (Å²) >= 11 is 1.46. The summed E-state index contributed by atoms with van der Waals surface area (Å²) < 4.78 is 15.9. The summed E-state index contributed by atoms with van der Waals surface area (Å²) in [5.41, 5.74) is 0. The summed E-state index contributed by atoms with van der Waals surface area (Å²) in [4.78, 5) is 6.84. The van der Waals surface area contributed by atoms with Gasteiger partial charge in [-0.2, -0.15) is 4.37 Å². The van der Waals surface area contributed by atoms with Crippen LogP contribution in [-0.4, -0.2) is 29.1 Å². The summed E-state index contributed by atoms with van der Waals surface area (Å²) in [5, 5.41) is 0.963. The maximum atomic E-state index is 5.89. The molecular weight excluding hydrogens is 274 g/mol. The van der Waals surface area contributed by atoms with Crippen LogP contribution < -0.4 is 4.90 Å². The molecule has 1 unspecified atom stereocenters. The summed E-state index contributed by atoms with van der Waals surface area (Å²) in [6, 6.07) is 4.19. The van der Waals surface area contributed by atoms with Gasteiger partial charge in [-0.25, -0.2) is 4.98 Å². The van der Waals surface area contributed by atoms with Crippen LogP contribution in [0.5, 0.6) is 0 Å². The van der Waals surface area contributed by atoms with E-state index in [4.69, 9.17) is 9.15 Å². The molecule has 0 saturated carbocycles. The van der Waals surface area contributed by atoms with E-state index in [0.29, 0.717) is 6.61 Å². The lowest BCUT2D eigenvalue weighted by Gasteiger charge is -2.33. The SMILES string of the molecule is CCc1nsc(N2CCOCC2c2ccc(CC)o2)n1. The van der Waals surface area contributed by atoms with E-state index in [2.05, 4.69) is 28.1 Å². The van der Waals surface area contributed by atoms with Crippen molar-refractivity contribution in [1.29, 1.82) is 0 Å². The largest absolute Gasteiger partial charge is 0.464 e. The Kier molecular flexibility index (Phi) is 4.03. The summed E-state index contributed by atoms with van der Waals surface area (Å²) in [6.45, 7) is 6.35. The molecule has 108 valence electrons. The van der Waals surface area contributed by atoms with Crippen molar-refractivity contribution in [2.75, 3.05) is 24.7 Å². The second-order valence-corrected chi connectivity index (χ2v) is 5.52. The van der Waals surface area contributed by atoms with Gasteiger partial charge in [0, 0.05) is 30.9 Å². The average molecular weight is 293 g/mol. The van der Waals surface area contributed by atoms with E-state index < -0.39 is 0 Å². The number of furan rings is 1. The second kappa shape index (κ2) is 5.93. The van der Waals surface area contributed by atoms with Gasteiger partial charge < -0.3 is 14.1 Å². The van der Waals surface area contributed by atoms with Crippen molar-refractivity contribution in [3.8, 4) is 0 Å². The summed E-state index contributed by atoms with van der Waals surface area (Å²) in [7, 11) is 0. The summed E-state index contributed by atoms with van der Waals surface area (Å²) in [5.74, 6) is 2.87. The van der Waals surface area contributed by atoms with Crippen molar-refractivity contribution in [3.05, 3.63) is 29.5 Å². The Morgan fingerprint density at radius 2 is 2.25 bits per heavy atom. The first-order valence-corrected chi connectivity index (χ1v) is 7.84. The molecule has 0 aromatic carbocycles. The number of rotatable bonds is 4. The zero-order chi connectivity index (χ0) is 13.9. The highest BCUT2D eigenvalue weighted by atomic mass is 32.1. The number of nitrogens with zero attached hydrogens (tertiary/aromatic N) is 3. The molecule has 1 aliphatic rings. The number of ether oxygens (including phenoxy) is 1. The molecule has 1 atom stereocenters. The predicted molar refractivity (Wildman–Crippen MR) is 78.3 cm³/mol. The van der Waals surface area contributed by atoms with Crippen molar-refractivity contribution in [1.82, 2.24) is 9.36 Å². The van der Waals surface area contributed by atoms with Gasteiger partial charge in [-0.3, -0.25) is 0 Å². The van der Waals surface area contributed by atoms with Gasteiger partial charge in [0.15, 0.2) is 0 Å². The average Bonchev–Trinajstić information content (AvgIpc) is 3.16. The molecule has 0 bridgehead atoms. The molecule has 1 fully saturated rings. The van der Waals surface area contributed by atoms with Gasteiger partial charge in [-0.15, -0.1) is 0 Å². The van der Waals surface area contributed by atoms with Gasteiger partial charge in [0.05, 0.1) is 13.2 Å². The fourth-order valence-electron chi connectivity index (χ4n) is 2.34. The highest BCUT2D eigenvalue weighted by molar-refractivity contribution is 7.09. The van der Waals surface area contributed by atoms with Crippen LogP contribution in [-0.2, 0) is 17.6 Å². The van der Waals surface area contributed by atoms with E-state index in [1.165, 1.54) is 11.5 Å². The van der Waals surface area contributed by atoms with Crippen LogP contribution in [0.15, 0.2) is 16.5 Å². The Balaban J connectivity index is 1.86. The molecule has 5 nitrogen and oxygen atoms in total. The highest BCUT2D eigenvalue weighted by Crippen LogP contribution is 2.32. The van der Waals surface area contributed by atoms with Crippen molar-refractivity contribution in [2.24, 2.45) is 0 Å². The third-order valence-corrected chi connectivity index (χ3v) is 4.30. The lowest BCUT2D eigenvalue weighted by Crippen LogP contribution is -2.39. The summed E-state index contributed by atoms with van der Waals surface area (Å²) in [6.07, 6.45) is 1.78. The lowest BCUT2D eigenvalue weighted by atomic mass is 10.2. The Labute approximate surface area is 122 Å². The first kappa shape index (κ1) is 13.6. The van der Waals surface area contributed by atoms with Crippen LogP contribution in [0.1, 0.15) is 37.2 Å². The topological polar surface area (TPSA) is 51.4 Å². The van der Waals surface area contributed by atoms with Gasteiger partial charge in [0.25, 0.3) is 0 Å². The molecule has 2 aromatic rings. The van der Waals surface area contributed by atoms with Crippen LogP contribution in [0, 0.1) is 0 Å². The molecular formula is C14H19N3O2S. The van der Waals surface area contributed by atoms with Crippen molar-refractivity contribution in [2.45, 2.75) is 32.7 Å². The number of aryl methyl sites for hydroxylation is 2. The Bertz CT molecular complexity index is 516. The fraction of sp³-hybridized carbons (Fsp3) is 0.571. The number of morpholine rings is 1.